The minimum Gasteiger partial charge on any atom is -0.496 e. The summed E-state index contributed by atoms with van der Waals surface area (Å²) in [5.74, 6) is 0.709. The fourth-order valence-electron chi connectivity index (χ4n) is 1.85. The summed E-state index contributed by atoms with van der Waals surface area (Å²) in [5.41, 5.74) is 5.13. The van der Waals surface area contributed by atoms with Gasteiger partial charge in [-0.2, -0.15) is 13.2 Å². The third-order valence-electron chi connectivity index (χ3n) is 2.98. The predicted octanol–water partition coefficient (Wildman–Crippen LogP) is 2.03. The van der Waals surface area contributed by atoms with Crippen LogP contribution in [-0.2, 0) is 0 Å². The number of alkyl halides is 3. The first-order valence-corrected chi connectivity index (χ1v) is 6.04. The van der Waals surface area contributed by atoms with Gasteiger partial charge >= 0.3 is 6.18 Å². The van der Waals surface area contributed by atoms with Gasteiger partial charge in [-0.15, -0.1) is 0 Å². The summed E-state index contributed by atoms with van der Waals surface area (Å²) in [6.45, 7) is 0. The first-order valence-electron chi connectivity index (χ1n) is 6.04. The van der Waals surface area contributed by atoms with Gasteiger partial charge in [-0.1, -0.05) is 0 Å². The van der Waals surface area contributed by atoms with E-state index in [0.717, 1.165) is 0 Å². The number of aliphatic hydroxyl groups is 1. The highest BCUT2D eigenvalue weighted by Gasteiger charge is 2.39. The highest BCUT2D eigenvalue weighted by molar-refractivity contribution is 5.51. The van der Waals surface area contributed by atoms with Crippen LogP contribution in [0.25, 0.3) is 0 Å². The van der Waals surface area contributed by atoms with Crippen LogP contribution in [0, 0.1) is 0 Å². The standard InChI is InChI=1S/C13H18F3NO4/c1-19-7-4-9(20-2)12(10(5-7)21-3)8(18)6-11(17)13(14,15)16/h4-5,8,11,18H,6,17H2,1-3H3/t8-,11-/m1/s1. The van der Waals surface area contributed by atoms with E-state index >= 15 is 0 Å². The number of nitrogens with two attached hydrogens (primary N) is 1. The third-order valence-corrected chi connectivity index (χ3v) is 2.98. The van der Waals surface area contributed by atoms with E-state index in [4.69, 9.17) is 19.9 Å². The van der Waals surface area contributed by atoms with Crippen molar-refractivity contribution in [2.75, 3.05) is 21.3 Å². The second-order valence-electron chi connectivity index (χ2n) is 4.35. The second kappa shape index (κ2) is 6.86. The summed E-state index contributed by atoms with van der Waals surface area (Å²) in [6, 6.07) is 0.740. The van der Waals surface area contributed by atoms with Gasteiger partial charge in [0, 0.05) is 18.6 Å². The van der Waals surface area contributed by atoms with Crippen molar-refractivity contribution in [2.45, 2.75) is 24.7 Å². The zero-order valence-corrected chi connectivity index (χ0v) is 11.9. The van der Waals surface area contributed by atoms with Crippen LogP contribution < -0.4 is 19.9 Å². The number of hydrogen-bond donors (Lipinski definition) is 2. The van der Waals surface area contributed by atoms with Crippen molar-refractivity contribution >= 4 is 0 Å². The van der Waals surface area contributed by atoms with Crippen molar-refractivity contribution in [2.24, 2.45) is 5.73 Å². The van der Waals surface area contributed by atoms with Crippen LogP contribution in [0.2, 0.25) is 0 Å². The molecular formula is C13H18F3NO4. The van der Waals surface area contributed by atoms with E-state index in [-0.39, 0.29) is 17.1 Å². The van der Waals surface area contributed by atoms with Crippen molar-refractivity contribution in [3.8, 4) is 17.2 Å². The maximum absolute atomic E-state index is 12.5. The van der Waals surface area contributed by atoms with Crippen LogP contribution in [0.3, 0.4) is 0 Å². The Hall–Kier alpha value is -1.67. The molecule has 0 radical (unpaired) electrons. The molecule has 0 unspecified atom stereocenters. The molecule has 120 valence electrons. The fourth-order valence-corrected chi connectivity index (χ4v) is 1.85. The Kier molecular flexibility index (Phi) is 5.68. The molecule has 1 aromatic carbocycles. The number of benzene rings is 1. The lowest BCUT2D eigenvalue weighted by molar-refractivity contribution is -0.154. The van der Waals surface area contributed by atoms with E-state index in [2.05, 4.69) is 0 Å². The number of methoxy groups -OCH3 is 3. The number of aliphatic hydroxyl groups excluding tert-OH is 1. The maximum Gasteiger partial charge on any atom is 0.403 e. The minimum absolute atomic E-state index is 0.0977. The van der Waals surface area contributed by atoms with Gasteiger partial charge in [0.1, 0.15) is 23.3 Å². The average Bonchev–Trinajstić information content (AvgIpc) is 2.44. The van der Waals surface area contributed by atoms with E-state index in [1.165, 1.54) is 33.5 Å². The molecule has 3 N–H and O–H groups in total. The van der Waals surface area contributed by atoms with Crippen molar-refractivity contribution in [1.29, 1.82) is 0 Å². The smallest absolute Gasteiger partial charge is 0.403 e. The highest BCUT2D eigenvalue weighted by atomic mass is 19.4. The van der Waals surface area contributed by atoms with E-state index < -0.39 is 24.7 Å². The largest absolute Gasteiger partial charge is 0.496 e. The molecule has 0 saturated carbocycles. The van der Waals surface area contributed by atoms with Gasteiger partial charge in [0.25, 0.3) is 0 Å². The summed E-state index contributed by atoms with van der Waals surface area (Å²) in [7, 11) is 4.08. The van der Waals surface area contributed by atoms with E-state index in [9.17, 15) is 18.3 Å². The van der Waals surface area contributed by atoms with E-state index in [1.807, 2.05) is 0 Å². The van der Waals surface area contributed by atoms with Gasteiger partial charge in [0.2, 0.25) is 0 Å². The fraction of sp³-hybridized carbons (Fsp3) is 0.538. The zero-order valence-electron chi connectivity index (χ0n) is 11.9. The van der Waals surface area contributed by atoms with Gasteiger partial charge in [0.15, 0.2) is 0 Å². The molecular weight excluding hydrogens is 291 g/mol. The first-order chi connectivity index (χ1) is 9.74. The van der Waals surface area contributed by atoms with Crippen LogP contribution in [0.15, 0.2) is 12.1 Å². The van der Waals surface area contributed by atoms with Crippen LogP contribution >= 0.6 is 0 Å². The molecule has 0 aliphatic carbocycles. The molecule has 8 heteroatoms. The molecule has 0 bridgehead atoms. The molecule has 0 amide bonds. The molecule has 0 aliphatic heterocycles. The van der Waals surface area contributed by atoms with Crippen molar-refractivity contribution in [3.05, 3.63) is 17.7 Å². The Morgan fingerprint density at radius 1 is 1.10 bits per heavy atom. The monoisotopic (exact) mass is 309 g/mol. The van der Waals surface area contributed by atoms with Crippen molar-refractivity contribution in [1.82, 2.24) is 0 Å². The van der Waals surface area contributed by atoms with Gasteiger partial charge in [-0.25, -0.2) is 0 Å². The molecule has 0 fully saturated rings. The van der Waals surface area contributed by atoms with Gasteiger partial charge in [-0.05, 0) is 0 Å². The molecule has 1 rings (SSSR count). The molecule has 2 atom stereocenters. The Morgan fingerprint density at radius 2 is 1.57 bits per heavy atom. The lowest BCUT2D eigenvalue weighted by Crippen LogP contribution is -2.38. The number of halogens is 3. The first kappa shape index (κ1) is 17.4. The van der Waals surface area contributed by atoms with E-state index in [0.29, 0.717) is 5.75 Å². The zero-order chi connectivity index (χ0) is 16.2. The minimum atomic E-state index is -4.59. The molecule has 0 saturated heterocycles. The van der Waals surface area contributed by atoms with Crippen molar-refractivity contribution in [3.63, 3.8) is 0 Å². The van der Waals surface area contributed by atoms with Gasteiger partial charge < -0.3 is 25.1 Å². The number of rotatable bonds is 6. The summed E-state index contributed by atoms with van der Waals surface area (Å²) in [4.78, 5) is 0. The molecule has 0 aromatic heterocycles. The third kappa shape index (κ3) is 4.15. The Morgan fingerprint density at radius 3 is 1.90 bits per heavy atom. The quantitative estimate of drug-likeness (QED) is 0.841. The molecule has 0 heterocycles. The van der Waals surface area contributed by atoms with Crippen LogP contribution in [-0.4, -0.2) is 38.7 Å². The SMILES string of the molecule is COc1cc(OC)c([C@H](O)C[C@@H](N)C(F)(F)F)c(OC)c1. The van der Waals surface area contributed by atoms with Crippen LogP contribution in [0.1, 0.15) is 18.1 Å². The second-order valence-corrected chi connectivity index (χ2v) is 4.35. The average molecular weight is 309 g/mol. The highest BCUT2D eigenvalue weighted by Crippen LogP contribution is 2.40. The Bertz CT molecular complexity index is 454. The van der Waals surface area contributed by atoms with Crippen LogP contribution in [0.4, 0.5) is 13.2 Å². The predicted molar refractivity (Wildman–Crippen MR) is 69.7 cm³/mol. The van der Waals surface area contributed by atoms with Crippen LogP contribution in [0.5, 0.6) is 17.2 Å². The molecule has 0 aliphatic rings. The summed E-state index contributed by atoms with van der Waals surface area (Å²) >= 11 is 0. The lowest BCUT2D eigenvalue weighted by Gasteiger charge is -2.22. The molecule has 1 aromatic rings. The molecule has 0 spiro atoms. The number of ether oxygens (including phenoxy) is 3. The number of hydrogen-bond acceptors (Lipinski definition) is 5. The topological polar surface area (TPSA) is 73.9 Å². The Balaban J connectivity index is 3.15. The van der Waals surface area contributed by atoms with Gasteiger partial charge in [0.05, 0.1) is 33.0 Å². The molecule has 21 heavy (non-hydrogen) atoms. The lowest BCUT2D eigenvalue weighted by atomic mass is 9.99. The molecule has 5 nitrogen and oxygen atoms in total. The Labute approximate surface area is 120 Å². The summed E-state index contributed by atoms with van der Waals surface area (Å²) in [6.07, 6.45) is -6.78. The van der Waals surface area contributed by atoms with Crippen molar-refractivity contribution < 1.29 is 32.5 Å². The maximum atomic E-state index is 12.5. The van der Waals surface area contributed by atoms with Gasteiger partial charge in [-0.3, -0.25) is 0 Å². The normalized spacial score (nSPS) is 14.5. The summed E-state index contributed by atoms with van der Waals surface area (Å²) < 4.78 is 52.6. The van der Waals surface area contributed by atoms with E-state index in [1.54, 1.807) is 0 Å². The summed E-state index contributed by atoms with van der Waals surface area (Å²) in [5, 5.41) is 10.1.